The molecule has 0 unspecified atom stereocenters. The van der Waals surface area contributed by atoms with Crippen molar-refractivity contribution in [2.45, 2.75) is 102 Å². The Morgan fingerprint density at radius 1 is 1.00 bits per heavy atom. The van der Waals surface area contributed by atoms with Crippen LogP contribution in [-0.4, -0.2) is 33.3 Å². The maximum Gasteiger partial charge on any atom is 0.232 e. The Balaban J connectivity index is 1.26. The number of fused-ring (bicyclic) bond motifs is 3. The highest BCUT2D eigenvalue weighted by atomic mass is 16.5. The summed E-state index contributed by atoms with van der Waals surface area (Å²) in [5.41, 5.74) is 3.63. The zero-order chi connectivity index (χ0) is 28.3. The maximum absolute atomic E-state index is 14.0. The minimum atomic E-state index is -0.736. The van der Waals surface area contributed by atoms with Gasteiger partial charge in [-0.05, 0) is 93.9 Å². The molecule has 1 aromatic heterocycles. The number of anilines is 1. The van der Waals surface area contributed by atoms with Crippen LogP contribution in [0.25, 0.3) is 11.1 Å². The van der Waals surface area contributed by atoms with Gasteiger partial charge in [0.05, 0.1) is 5.60 Å². The fraction of sp³-hybridized carbons (Fsp3) is 0.559. The fourth-order valence-corrected chi connectivity index (χ4v) is 7.21. The van der Waals surface area contributed by atoms with Crippen molar-refractivity contribution in [1.82, 2.24) is 10.1 Å². The molecule has 4 aliphatic carbocycles. The van der Waals surface area contributed by atoms with Crippen molar-refractivity contribution < 1.29 is 14.4 Å². The maximum atomic E-state index is 14.0. The van der Waals surface area contributed by atoms with Crippen LogP contribution in [0.15, 0.2) is 53.1 Å². The Labute approximate surface area is 238 Å². The van der Waals surface area contributed by atoms with Gasteiger partial charge < -0.3 is 14.5 Å². The van der Waals surface area contributed by atoms with E-state index in [1.807, 2.05) is 6.92 Å². The number of carbonyl (C=O) groups is 1. The summed E-state index contributed by atoms with van der Waals surface area (Å²) in [6.45, 7) is 11.0. The van der Waals surface area contributed by atoms with E-state index in [0.717, 1.165) is 67.7 Å². The van der Waals surface area contributed by atoms with Crippen molar-refractivity contribution >= 4 is 11.6 Å². The lowest BCUT2D eigenvalue weighted by molar-refractivity contribution is -0.137. The lowest BCUT2D eigenvalue weighted by Crippen LogP contribution is -2.54. The molecule has 7 rings (SSSR count). The summed E-state index contributed by atoms with van der Waals surface area (Å²) in [5, 5.41) is 14.9. The van der Waals surface area contributed by atoms with Gasteiger partial charge in [0.25, 0.3) is 0 Å². The van der Waals surface area contributed by atoms with Crippen molar-refractivity contribution in [3.8, 4) is 11.1 Å². The van der Waals surface area contributed by atoms with Gasteiger partial charge in [-0.3, -0.25) is 4.79 Å². The molecule has 40 heavy (non-hydrogen) atoms. The first-order valence-corrected chi connectivity index (χ1v) is 14.9. The Morgan fingerprint density at radius 3 is 2.23 bits per heavy atom. The van der Waals surface area contributed by atoms with E-state index in [4.69, 9.17) is 9.51 Å². The number of nitrogens with zero attached hydrogens (tertiary/aromatic N) is 3. The largest absolute Gasteiger partial charge is 0.390 e. The molecule has 3 aromatic rings. The SMILES string of the molecule is Cc1ccc(-c2cccc(N(CC34CCC(c5noc(C(C)(C)C)n5)(CC3)CC4)C(=O)C3CC(C)(O)C3)c2)cc1. The highest BCUT2D eigenvalue weighted by Gasteiger charge is 2.53. The lowest BCUT2D eigenvalue weighted by atomic mass is 9.53. The molecule has 0 radical (unpaired) electrons. The fourth-order valence-electron chi connectivity index (χ4n) is 7.21. The van der Waals surface area contributed by atoms with Crippen LogP contribution in [0.2, 0.25) is 0 Å². The van der Waals surface area contributed by atoms with Crippen LogP contribution in [0.4, 0.5) is 5.69 Å². The van der Waals surface area contributed by atoms with E-state index in [2.05, 4.69) is 86.3 Å². The Morgan fingerprint density at radius 2 is 1.65 bits per heavy atom. The molecule has 0 aliphatic heterocycles. The summed E-state index contributed by atoms with van der Waals surface area (Å²) in [6.07, 6.45) is 7.30. The number of carbonyl (C=O) groups excluding carboxylic acids is 1. The molecule has 4 aliphatic rings. The van der Waals surface area contributed by atoms with Gasteiger partial charge in [-0.1, -0.05) is 67.9 Å². The minimum absolute atomic E-state index is 0.0123. The van der Waals surface area contributed by atoms with E-state index < -0.39 is 5.60 Å². The normalized spacial score (nSPS) is 29.7. The van der Waals surface area contributed by atoms with Crippen molar-refractivity contribution in [3.05, 3.63) is 65.8 Å². The van der Waals surface area contributed by atoms with Crippen LogP contribution in [0.3, 0.4) is 0 Å². The van der Waals surface area contributed by atoms with E-state index in [1.54, 1.807) is 0 Å². The van der Waals surface area contributed by atoms with Crippen LogP contribution in [0.5, 0.6) is 0 Å². The zero-order valence-corrected chi connectivity index (χ0v) is 24.7. The highest BCUT2D eigenvalue weighted by Crippen LogP contribution is 2.58. The number of amides is 1. The molecule has 2 aromatic carbocycles. The van der Waals surface area contributed by atoms with Gasteiger partial charge in [0.1, 0.15) is 0 Å². The third kappa shape index (κ3) is 5.00. The second-order valence-corrected chi connectivity index (χ2v) is 14.4. The van der Waals surface area contributed by atoms with Crippen LogP contribution in [0, 0.1) is 18.3 Å². The Hall–Kier alpha value is -2.99. The molecule has 0 saturated heterocycles. The third-order valence-electron chi connectivity index (χ3n) is 9.97. The van der Waals surface area contributed by atoms with E-state index >= 15 is 0 Å². The molecule has 1 amide bonds. The van der Waals surface area contributed by atoms with Gasteiger partial charge >= 0.3 is 0 Å². The smallest absolute Gasteiger partial charge is 0.232 e. The van der Waals surface area contributed by atoms with E-state index in [0.29, 0.717) is 18.7 Å². The van der Waals surface area contributed by atoms with Crippen molar-refractivity contribution in [2.24, 2.45) is 11.3 Å². The first-order valence-electron chi connectivity index (χ1n) is 14.9. The second-order valence-electron chi connectivity index (χ2n) is 14.4. The predicted octanol–water partition coefficient (Wildman–Crippen LogP) is 7.13. The van der Waals surface area contributed by atoms with Crippen LogP contribution < -0.4 is 4.90 Å². The highest BCUT2D eigenvalue weighted by molar-refractivity contribution is 5.96. The number of aryl methyl sites for hydroxylation is 1. The number of benzene rings is 2. The zero-order valence-electron chi connectivity index (χ0n) is 24.7. The van der Waals surface area contributed by atoms with Gasteiger partial charge in [-0.2, -0.15) is 4.98 Å². The minimum Gasteiger partial charge on any atom is -0.390 e. The van der Waals surface area contributed by atoms with Crippen molar-refractivity contribution in [2.75, 3.05) is 11.4 Å². The van der Waals surface area contributed by atoms with Gasteiger partial charge in [-0.25, -0.2) is 0 Å². The molecule has 0 spiro atoms. The molecule has 6 nitrogen and oxygen atoms in total. The summed E-state index contributed by atoms with van der Waals surface area (Å²) in [4.78, 5) is 20.9. The van der Waals surface area contributed by atoms with Gasteiger partial charge in [0.15, 0.2) is 5.82 Å². The molecule has 212 valence electrons. The third-order valence-corrected chi connectivity index (χ3v) is 9.97. The molecule has 0 atom stereocenters. The molecule has 1 heterocycles. The van der Waals surface area contributed by atoms with Crippen molar-refractivity contribution in [1.29, 1.82) is 0 Å². The van der Waals surface area contributed by atoms with Crippen LogP contribution in [-0.2, 0) is 15.6 Å². The van der Waals surface area contributed by atoms with Gasteiger partial charge in [0, 0.05) is 29.0 Å². The molecule has 1 N–H and O–H groups in total. The Bertz CT molecular complexity index is 1370. The van der Waals surface area contributed by atoms with Crippen LogP contribution in [0.1, 0.15) is 96.3 Å². The van der Waals surface area contributed by atoms with Crippen LogP contribution >= 0.6 is 0 Å². The number of rotatable bonds is 6. The molecule has 4 saturated carbocycles. The average molecular weight is 542 g/mol. The van der Waals surface area contributed by atoms with Gasteiger partial charge in [0.2, 0.25) is 11.8 Å². The van der Waals surface area contributed by atoms with Gasteiger partial charge in [-0.15, -0.1) is 0 Å². The quantitative estimate of drug-likeness (QED) is 0.359. The number of hydrogen-bond donors (Lipinski definition) is 1. The molecular weight excluding hydrogens is 498 g/mol. The number of hydrogen-bond acceptors (Lipinski definition) is 5. The summed E-state index contributed by atoms with van der Waals surface area (Å²) in [6, 6.07) is 17.0. The summed E-state index contributed by atoms with van der Waals surface area (Å²) in [5.74, 6) is 1.61. The summed E-state index contributed by atoms with van der Waals surface area (Å²) in [7, 11) is 0. The standard InChI is InChI=1S/C34H43N3O3/c1-23-9-11-24(12-10-23)25-7-6-8-27(19-25)37(28(38)26-20-32(5,39)21-26)22-33-13-16-34(17-14-33,18-15-33)29-35-30(40-36-29)31(2,3)4/h6-12,19,26,39H,13-18,20-22H2,1-5H3. The molecule has 6 heteroatoms. The van der Waals surface area contributed by atoms with Crippen molar-refractivity contribution in [3.63, 3.8) is 0 Å². The average Bonchev–Trinajstić information content (AvgIpc) is 3.44. The summed E-state index contributed by atoms with van der Waals surface area (Å²) < 4.78 is 5.69. The number of aromatic nitrogens is 2. The lowest BCUT2D eigenvalue weighted by Gasteiger charge is -2.54. The topological polar surface area (TPSA) is 79.5 Å². The number of aliphatic hydroxyl groups is 1. The first kappa shape index (κ1) is 27.2. The Kier molecular flexibility index (Phi) is 6.49. The second kappa shape index (κ2) is 9.54. The predicted molar refractivity (Wildman–Crippen MR) is 157 cm³/mol. The van der Waals surface area contributed by atoms with E-state index in [9.17, 15) is 9.90 Å². The molecular formula is C34H43N3O3. The molecule has 2 bridgehead atoms. The molecule has 4 fully saturated rings. The van der Waals surface area contributed by atoms with E-state index in [-0.39, 0.29) is 28.1 Å². The summed E-state index contributed by atoms with van der Waals surface area (Å²) >= 11 is 0. The monoisotopic (exact) mass is 541 g/mol. The first-order chi connectivity index (χ1) is 18.9. The van der Waals surface area contributed by atoms with E-state index in [1.165, 1.54) is 5.56 Å².